The van der Waals surface area contributed by atoms with Crippen LogP contribution in [0.15, 0.2) is 36.4 Å². The molecule has 4 heteroatoms. The lowest BCUT2D eigenvalue weighted by Gasteiger charge is -2.19. The maximum atomic E-state index is 6.25. The van der Waals surface area contributed by atoms with Gasteiger partial charge in [0.05, 0.1) is 23.9 Å². The van der Waals surface area contributed by atoms with E-state index in [1.165, 1.54) is 0 Å². The van der Waals surface area contributed by atoms with Crippen molar-refractivity contribution in [3.63, 3.8) is 0 Å². The quantitative estimate of drug-likeness (QED) is 0.807. The molecule has 1 unspecified atom stereocenters. The third-order valence-corrected chi connectivity index (χ3v) is 3.95. The van der Waals surface area contributed by atoms with Crippen LogP contribution in [0, 0.1) is 6.92 Å². The molecule has 0 saturated carbocycles. The molecule has 2 aromatic rings. The maximum Gasteiger partial charge on any atom is 0.124 e. The van der Waals surface area contributed by atoms with Crippen LogP contribution in [0.4, 0.5) is 5.69 Å². The highest BCUT2D eigenvalue weighted by Crippen LogP contribution is 2.33. The molecule has 0 aliphatic carbocycles. The van der Waals surface area contributed by atoms with E-state index >= 15 is 0 Å². The topological polar surface area (TPSA) is 21.3 Å². The standard InChI is InChI=1S/C16H17Cl2NO/c1-10-8-14(18)15(9-13(10)17)19-11(2)12-6-4-5-7-16(12)20-3/h4-9,11,19H,1-3H3. The van der Waals surface area contributed by atoms with E-state index in [9.17, 15) is 0 Å². The van der Waals surface area contributed by atoms with Gasteiger partial charge in [-0.2, -0.15) is 0 Å². The molecule has 0 heterocycles. The second kappa shape index (κ2) is 6.38. The number of methoxy groups -OCH3 is 1. The van der Waals surface area contributed by atoms with E-state index in [-0.39, 0.29) is 6.04 Å². The van der Waals surface area contributed by atoms with E-state index in [1.54, 1.807) is 7.11 Å². The smallest absolute Gasteiger partial charge is 0.124 e. The van der Waals surface area contributed by atoms with Gasteiger partial charge < -0.3 is 10.1 Å². The first-order chi connectivity index (χ1) is 9.52. The summed E-state index contributed by atoms with van der Waals surface area (Å²) < 4.78 is 5.38. The van der Waals surface area contributed by atoms with E-state index < -0.39 is 0 Å². The molecule has 0 saturated heterocycles. The van der Waals surface area contributed by atoms with Gasteiger partial charge in [0, 0.05) is 10.6 Å². The Morgan fingerprint density at radius 1 is 1.10 bits per heavy atom. The number of hydrogen-bond donors (Lipinski definition) is 1. The van der Waals surface area contributed by atoms with Crippen LogP contribution >= 0.6 is 23.2 Å². The van der Waals surface area contributed by atoms with Crippen molar-refractivity contribution < 1.29 is 4.74 Å². The van der Waals surface area contributed by atoms with Crippen molar-refractivity contribution in [1.82, 2.24) is 0 Å². The predicted molar refractivity (Wildman–Crippen MR) is 86.2 cm³/mol. The minimum Gasteiger partial charge on any atom is -0.496 e. The lowest BCUT2D eigenvalue weighted by atomic mass is 10.1. The van der Waals surface area contributed by atoms with Gasteiger partial charge >= 0.3 is 0 Å². The van der Waals surface area contributed by atoms with Crippen LogP contribution in [-0.2, 0) is 0 Å². The second-order valence-corrected chi connectivity index (χ2v) is 5.50. The van der Waals surface area contributed by atoms with Crippen LogP contribution < -0.4 is 10.1 Å². The maximum absolute atomic E-state index is 6.25. The minimum absolute atomic E-state index is 0.0578. The Kier molecular flexibility index (Phi) is 4.79. The second-order valence-electron chi connectivity index (χ2n) is 4.69. The van der Waals surface area contributed by atoms with E-state index in [4.69, 9.17) is 27.9 Å². The molecule has 0 aliphatic heterocycles. The molecule has 1 atom stereocenters. The Labute approximate surface area is 129 Å². The zero-order chi connectivity index (χ0) is 14.7. The predicted octanol–water partition coefficient (Wildman–Crippen LogP) is 5.48. The number of rotatable bonds is 4. The monoisotopic (exact) mass is 309 g/mol. The van der Waals surface area contributed by atoms with Crippen LogP contribution in [0.3, 0.4) is 0 Å². The Hall–Kier alpha value is -1.38. The molecule has 0 aromatic heterocycles. The Balaban J connectivity index is 2.28. The van der Waals surface area contributed by atoms with E-state index in [2.05, 4.69) is 12.2 Å². The molecule has 2 aromatic carbocycles. The largest absolute Gasteiger partial charge is 0.496 e. The Morgan fingerprint density at radius 2 is 1.80 bits per heavy atom. The van der Waals surface area contributed by atoms with Crippen molar-refractivity contribution in [3.05, 3.63) is 57.6 Å². The third-order valence-electron chi connectivity index (χ3n) is 3.23. The molecule has 0 amide bonds. The van der Waals surface area contributed by atoms with Crippen molar-refractivity contribution in [2.45, 2.75) is 19.9 Å². The summed E-state index contributed by atoms with van der Waals surface area (Å²) in [5.74, 6) is 0.849. The highest BCUT2D eigenvalue weighted by Gasteiger charge is 2.13. The summed E-state index contributed by atoms with van der Waals surface area (Å²) in [5.41, 5.74) is 2.86. The van der Waals surface area contributed by atoms with Crippen LogP contribution in [0.25, 0.3) is 0 Å². The van der Waals surface area contributed by atoms with Crippen molar-refractivity contribution in [2.75, 3.05) is 12.4 Å². The lowest BCUT2D eigenvalue weighted by Crippen LogP contribution is -2.08. The molecule has 0 spiro atoms. The number of benzene rings is 2. The number of ether oxygens (including phenoxy) is 1. The van der Waals surface area contributed by atoms with Crippen LogP contribution in [0.1, 0.15) is 24.1 Å². The first-order valence-electron chi connectivity index (χ1n) is 6.38. The summed E-state index contributed by atoms with van der Waals surface area (Å²) >= 11 is 12.4. The first kappa shape index (κ1) is 15.0. The summed E-state index contributed by atoms with van der Waals surface area (Å²) in [6.45, 7) is 3.99. The number of halogens is 2. The molecule has 20 heavy (non-hydrogen) atoms. The van der Waals surface area contributed by atoms with Gasteiger partial charge in [0.15, 0.2) is 0 Å². The zero-order valence-electron chi connectivity index (χ0n) is 11.7. The summed E-state index contributed by atoms with van der Waals surface area (Å²) in [6.07, 6.45) is 0. The van der Waals surface area contributed by atoms with Crippen molar-refractivity contribution in [2.24, 2.45) is 0 Å². The Morgan fingerprint density at radius 3 is 2.50 bits per heavy atom. The molecule has 1 N–H and O–H groups in total. The summed E-state index contributed by atoms with van der Waals surface area (Å²) in [6, 6.07) is 11.7. The van der Waals surface area contributed by atoms with Gasteiger partial charge in [0.2, 0.25) is 0 Å². The normalized spacial score (nSPS) is 12.1. The minimum atomic E-state index is 0.0578. The van der Waals surface area contributed by atoms with Gasteiger partial charge in [0.25, 0.3) is 0 Å². The summed E-state index contributed by atoms with van der Waals surface area (Å²) in [5, 5.41) is 4.73. The third kappa shape index (κ3) is 3.20. The molecule has 0 radical (unpaired) electrons. The van der Waals surface area contributed by atoms with E-state index in [0.29, 0.717) is 10.0 Å². The van der Waals surface area contributed by atoms with Crippen LogP contribution in [-0.4, -0.2) is 7.11 Å². The molecule has 0 fully saturated rings. The number of hydrogen-bond acceptors (Lipinski definition) is 2. The fourth-order valence-electron chi connectivity index (χ4n) is 2.09. The van der Waals surface area contributed by atoms with Crippen molar-refractivity contribution in [3.8, 4) is 5.75 Å². The average molecular weight is 310 g/mol. The number of para-hydroxylation sites is 1. The number of nitrogens with one attached hydrogen (secondary N) is 1. The molecule has 0 bridgehead atoms. The van der Waals surface area contributed by atoms with Crippen molar-refractivity contribution >= 4 is 28.9 Å². The van der Waals surface area contributed by atoms with E-state index in [1.807, 2.05) is 43.3 Å². The lowest BCUT2D eigenvalue weighted by molar-refractivity contribution is 0.408. The van der Waals surface area contributed by atoms with Crippen molar-refractivity contribution in [1.29, 1.82) is 0 Å². The average Bonchev–Trinajstić information content (AvgIpc) is 2.44. The highest BCUT2D eigenvalue weighted by molar-refractivity contribution is 6.35. The fraction of sp³-hybridized carbons (Fsp3) is 0.250. The van der Waals surface area contributed by atoms with Gasteiger partial charge in [-0.3, -0.25) is 0 Å². The highest BCUT2D eigenvalue weighted by atomic mass is 35.5. The summed E-state index contributed by atoms with van der Waals surface area (Å²) in [4.78, 5) is 0. The SMILES string of the molecule is COc1ccccc1C(C)Nc1cc(Cl)c(C)cc1Cl. The molecular weight excluding hydrogens is 293 g/mol. The van der Waals surface area contributed by atoms with E-state index in [0.717, 1.165) is 22.6 Å². The molecule has 0 aliphatic rings. The fourth-order valence-corrected chi connectivity index (χ4v) is 2.53. The zero-order valence-corrected chi connectivity index (χ0v) is 13.2. The van der Waals surface area contributed by atoms with Gasteiger partial charge in [-0.25, -0.2) is 0 Å². The first-order valence-corrected chi connectivity index (χ1v) is 7.13. The molecule has 2 rings (SSSR count). The van der Waals surface area contributed by atoms with Crippen LogP contribution in [0.5, 0.6) is 5.75 Å². The molecule has 106 valence electrons. The number of aryl methyl sites for hydroxylation is 1. The van der Waals surface area contributed by atoms with Gasteiger partial charge in [-0.1, -0.05) is 41.4 Å². The summed E-state index contributed by atoms with van der Waals surface area (Å²) in [7, 11) is 1.67. The number of anilines is 1. The Bertz CT molecular complexity index is 613. The van der Waals surface area contributed by atoms with Gasteiger partial charge in [-0.05, 0) is 37.6 Å². The van der Waals surface area contributed by atoms with Gasteiger partial charge in [-0.15, -0.1) is 0 Å². The molecular formula is C16H17Cl2NO. The van der Waals surface area contributed by atoms with Gasteiger partial charge in [0.1, 0.15) is 5.75 Å². The van der Waals surface area contributed by atoms with Crippen LogP contribution in [0.2, 0.25) is 10.0 Å². The molecule has 2 nitrogen and oxygen atoms in total.